The highest BCUT2D eigenvalue weighted by molar-refractivity contribution is 6.18. The Morgan fingerprint density at radius 3 is 3.00 bits per heavy atom. The minimum Gasteiger partial charge on any atom is -0.367 e. The SMILES string of the molecule is ClCC=CCN1CCc2ccccc21. The van der Waals surface area contributed by atoms with Crippen LogP contribution in [-0.4, -0.2) is 19.0 Å². The molecule has 0 fully saturated rings. The van der Waals surface area contributed by atoms with E-state index in [1.165, 1.54) is 17.7 Å². The number of hydrogen-bond acceptors (Lipinski definition) is 1. The van der Waals surface area contributed by atoms with E-state index in [2.05, 4.69) is 35.2 Å². The summed E-state index contributed by atoms with van der Waals surface area (Å²) in [4.78, 5) is 2.39. The molecule has 1 aliphatic heterocycles. The number of halogens is 1. The van der Waals surface area contributed by atoms with Gasteiger partial charge in [0, 0.05) is 24.7 Å². The van der Waals surface area contributed by atoms with Crippen molar-refractivity contribution in [1.82, 2.24) is 0 Å². The van der Waals surface area contributed by atoms with Gasteiger partial charge in [-0.25, -0.2) is 0 Å². The van der Waals surface area contributed by atoms with Gasteiger partial charge in [0.25, 0.3) is 0 Å². The number of nitrogens with zero attached hydrogens (tertiary/aromatic N) is 1. The fourth-order valence-electron chi connectivity index (χ4n) is 1.86. The van der Waals surface area contributed by atoms with E-state index >= 15 is 0 Å². The van der Waals surface area contributed by atoms with Crippen LogP contribution in [0.25, 0.3) is 0 Å². The Balaban J connectivity index is 2.07. The summed E-state index contributed by atoms with van der Waals surface area (Å²) in [5.41, 5.74) is 2.85. The number of fused-ring (bicyclic) bond motifs is 1. The molecule has 1 aromatic carbocycles. The lowest BCUT2D eigenvalue weighted by molar-refractivity contribution is 0.903. The highest BCUT2D eigenvalue weighted by atomic mass is 35.5. The molecule has 0 saturated heterocycles. The van der Waals surface area contributed by atoms with Gasteiger partial charge >= 0.3 is 0 Å². The van der Waals surface area contributed by atoms with E-state index in [0.29, 0.717) is 5.88 Å². The summed E-state index contributed by atoms with van der Waals surface area (Å²) < 4.78 is 0. The zero-order chi connectivity index (χ0) is 9.80. The maximum absolute atomic E-state index is 5.58. The third-order valence-corrected chi connectivity index (χ3v) is 2.74. The summed E-state index contributed by atoms with van der Waals surface area (Å²) in [6, 6.07) is 8.61. The van der Waals surface area contributed by atoms with Crippen molar-refractivity contribution in [1.29, 1.82) is 0 Å². The topological polar surface area (TPSA) is 3.24 Å². The molecule has 0 bridgehead atoms. The van der Waals surface area contributed by atoms with Gasteiger partial charge in [-0.3, -0.25) is 0 Å². The van der Waals surface area contributed by atoms with Crippen LogP contribution in [0.15, 0.2) is 36.4 Å². The molecule has 0 amide bonds. The molecule has 1 nitrogen and oxygen atoms in total. The molecule has 1 heterocycles. The van der Waals surface area contributed by atoms with Crippen LogP contribution in [0.3, 0.4) is 0 Å². The standard InChI is InChI=1S/C12H14ClN/c13-8-3-4-9-14-10-7-11-5-1-2-6-12(11)14/h1-6H,7-10H2. The molecule has 0 N–H and O–H groups in total. The largest absolute Gasteiger partial charge is 0.367 e. The van der Waals surface area contributed by atoms with Gasteiger partial charge in [-0.1, -0.05) is 30.4 Å². The van der Waals surface area contributed by atoms with Crippen LogP contribution in [0.4, 0.5) is 5.69 Å². The van der Waals surface area contributed by atoms with Crippen molar-refractivity contribution in [2.45, 2.75) is 6.42 Å². The molecule has 0 aliphatic carbocycles. The van der Waals surface area contributed by atoms with Crippen molar-refractivity contribution in [2.24, 2.45) is 0 Å². The Bertz CT molecular complexity index is 333. The molecular formula is C12H14ClN. The quantitative estimate of drug-likeness (QED) is 0.544. The number of alkyl halides is 1. The number of para-hydroxylation sites is 1. The molecule has 0 atom stereocenters. The first-order chi connectivity index (χ1) is 6.92. The van der Waals surface area contributed by atoms with Crippen LogP contribution in [0.5, 0.6) is 0 Å². The summed E-state index contributed by atoms with van der Waals surface area (Å²) in [6.45, 7) is 2.11. The van der Waals surface area contributed by atoms with Gasteiger partial charge in [-0.15, -0.1) is 11.6 Å². The molecule has 2 rings (SSSR count). The Morgan fingerprint density at radius 1 is 1.29 bits per heavy atom. The molecule has 2 heteroatoms. The van der Waals surface area contributed by atoms with Crippen LogP contribution >= 0.6 is 11.6 Å². The lowest BCUT2D eigenvalue weighted by Gasteiger charge is -2.16. The second-order valence-corrected chi connectivity index (χ2v) is 3.76. The van der Waals surface area contributed by atoms with E-state index in [9.17, 15) is 0 Å². The number of anilines is 1. The first-order valence-corrected chi connectivity index (χ1v) is 5.49. The molecule has 74 valence electrons. The molecule has 0 saturated carbocycles. The zero-order valence-corrected chi connectivity index (χ0v) is 8.87. The minimum absolute atomic E-state index is 0.607. The number of rotatable bonds is 3. The highest BCUT2D eigenvalue weighted by Crippen LogP contribution is 2.26. The first-order valence-electron chi connectivity index (χ1n) is 4.95. The lowest BCUT2D eigenvalue weighted by Crippen LogP contribution is -2.20. The van der Waals surface area contributed by atoms with Gasteiger partial charge in [0.15, 0.2) is 0 Å². The van der Waals surface area contributed by atoms with Gasteiger partial charge in [0.05, 0.1) is 0 Å². The van der Waals surface area contributed by atoms with Gasteiger partial charge in [-0.05, 0) is 18.1 Å². The van der Waals surface area contributed by atoms with E-state index in [-0.39, 0.29) is 0 Å². The lowest BCUT2D eigenvalue weighted by atomic mass is 10.2. The average Bonchev–Trinajstić information content (AvgIpc) is 2.63. The Morgan fingerprint density at radius 2 is 2.14 bits per heavy atom. The Hall–Kier alpha value is -0.950. The second kappa shape index (κ2) is 4.52. The van der Waals surface area contributed by atoms with Gasteiger partial charge in [-0.2, -0.15) is 0 Å². The molecule has 1 aromatic rings. The summed E-state index contributed by atoms with van der Waals surface area (Å²) in [5, 5.41) is 0. The molecular weight excluding hydrogens is 194 g/mol. The molecule has 1 aliphatic rings. The molecule has 14 heavy (non-hydrogen) atoms. The summed E-state index contributed by atoms with van der Waals surface area (Å²) in [7, 11) is 0. The smallest absolute Gasteiger partial charge is 0.0404 e. The highest BCUT2D eigenvalue weighted by Gasteiger charge is 2.16. The van der Waals surface area contributed by atoms with Crippen molar-refractivity contribution in [2.75, 3.05) is 23.9 Å². The maximum Gasteiger partial charge on any atom is 0.0404 e. The van der Waals surface area contributed by atoms with Gasteiger partial charge in [0.2, 0.25) is 0 Å². The average molecular weight is 208 g/mol. The molecule has 0 radical (unpaired) electrons. The van der Waals surface area contributed by atoms with Crippen LogP contribution in [0.2, 0.25) is 0 Å². The molecule has 0 spiro atoms. The van der Waals surface area contributed by atoms with Crippen LogP contribution < -0.4 is 4.90 Å². The molecule has 0 unspecified atom stereocenters. The Kier molecular flexibility index (Phi) is 3.10. The number of hydrogen-bond donors (Lipinski definition) is 0. The van der Waals surface area contributed by atoms with Crippen molar-refractivity contribution < 1.29 is 0 Å². The predicted molar refractivity (Wildman–Crippen MR) is 62.2 cm³/mol. The van der Waals surface area contributed by atoms with Crippen molar-refractivity contribution in [3.63, 3.8) is 0 Å². The summed E-state index contributed by atoms with van der Waals surface area (Å²) in [6.07, 6.45) is 5.31. The minimum atomic E-state index is 0.607. The van der Waals surface area contributed by atoms with Crippen LogP contribution in [0.1, 0.15) is 5.56 Å². The van der Waals surface area contributed by atoms with Gasteiger partial charge in [0.1, 0.15) is 0 Å². The van der Waals surface area contributed by atoms with Crippen molar-refractivity contribution >= 4 is 17.3 Å². The van der Waals surface area contributed by atoms with E-state index in [0.717, 1.165) is 13.1 Å². The van der Waals surface area contributed by atoms with Crippen molar-refractivity contribution in [3.05, 3.63) is 42.0 Å². The van der Waals surface area contributed by atoms with Crippen molar-refractivity contribution in [3.8, 4) is 0 Å². The fourth-order valence-corrected chi connectivity index (χ4v) is 1.99. The normalized spacial score (nSPS) is 15.1. The second-order valence-electron chi connectivity index (χ2n) is 3.45. The summed E-state index contributed by atoms with van der Waals surface area (Å²) in [5.74, 6) is 0.607. The number of allylic oxidation sites excluding steroid dienone is 1. The Labute approximate surface area is 90.0 Å². The van der Waals surface area contributed by atoms with Crippen LogP contribution in [-0.2, 0) is 6.42 Å². The number of benzene rings is 1. The first kappa shape index (κ1) is 9.60. The van der Waals surface area contributed by atoms with Gasteiger partial charge < -0.3 is 4.90 Å². The summed E-state index contributed by atoms with van der Waals surface area (Å²) >= 11 is 5.58. The van der Waals surface area contributed by atoms with E-state index in [1.807, 2.05) is 6.08 Å². The van der Waals surface area contributed by atoms with Crippen LogP contribution in [0, 0.1) is 0 Å². The van der Waals surface area contributed by atoms with E-state index < -0.39 is 0 Å². The van der Waals surface area contributed by atoms with E-state index in [1.54, 1.807) is 0 Å². The zero-order valence-electron chi connectivity index (χ0n) is 8.12. The van der Waals surface area contributed by atoms with E-state index in [4.69, 9.17) is 11.6 Å². The maximum atomic E-state index is 5.58. The fraction of sp³-hybridized carbons (Fsp3) is 0.333. The third-order valence-electron chi connectivity index (χ3n) is 2.56. The monoisotopic (exact) mass is 207 g/mol. The predicted octanol–water partition coefficient (Wildman–Crippen LogP) is 2.84. The third kappa shape index (κ3) is 1.93. The molecule has 0 aromatic heterocycles.